The average molecular weight is 255 g/mol. The van der Waals surface area contributed by atoms with Crippen molar-refractivity contribution in [3.8, 4) is 34.3 Å². The Morgan fingerprint density at radius 3 is 2.53 bits per heavy atom. The van der Waals surface area contributed by atoms with Gasteiger partial charge in [-0.3, -0.25) is 4.98 Å². The molecule has 0 unspecified atom stereocenters. The van der Waals surface area contributed by atoms with Crippen molar-refractivity contribution in [2.24, 2.45) is 0 Å². The van der Waals surface area contributed by atoms with E-state index in [1.165, 1.54) is 18.2 Å². The first-order valence-corrected chi connectivity index (χ1v) is 5.50. The van der Waals surface area contributed by atoms with Crippen molar-refractivity contribution in [1.82, 2.24) is 15.1 Å². The van der Waals surface area contributed by atoms with Crippen LogP contribution >= 0.6 is 0 Å². The number of aromatic hydroxyl groups is 2. The summed E-state index contributed by atoms with van der Waals surface area (Å²) in [7, 11) is 0. The fraction of sp³-hybridized carbons (Fsp3) is 0. The third kappa shape index (κ3) is 2.11. The summed E-state index contributed by atoms with van der Waals surface area (Å²) in [5.41, 5.74) is 1.13. The van der Waals surface area contributed by atoms with Crippen LogP contribution in [0.5, 0.6) is 11.5 Å². The Bertz CT molecular complexity index is 710. The molecule has 0 saturated heterocycles. The highest BCUT2D eigenvalue weighted by atomic mass is 16.5. The maximum Gasteiger partial charge on any atom is 0.262 e. The van der Waals surface area contributed by atoms with Gasteiger partial charge in [0.25, 0.3) is 5.89 Å². The molecule has 2 N–H and O–H groups in total. The molecule has 3 aromatic rings. The molecule has 0 atom stereocenters. The van der Waals surface area contributed by atoms with Crippen LogP contribution in [0.25, 0.3) is 22.8 Å². The maximum atomic E-state index is 9.73. The highest BCUT2D eigenvalue weighted by Gasteiger charge is 2.14. The summed E-state index contributed by atoms with van der Waals surface area (Å²) in [5, 5.41) is 22.8. The molecule has 6 nitrogen and oxygen atoms in total. The Labute approximate surface area is 108 Å². The van der Waals surface area contributed by atoms with Crippen LogP contribution in [0, 0.1) is 0 Å². The molecule has 6 heteroatoms. The zero-order chi connectivity index (χ0) is 13.2. The first-order chi connectivity index (χ1) is 9.24. The van der Waals surface area contributed by atoms with Crippen LogP contribution in [0.2, 0.25) is 0 Å². The summed E-state index contributed by atoms with van der Waals surface area (Å²) in [6, 6.07) is 7.67. The zero-order valence-corrected chi connectivity index (χ0v) is 9.69. The zero-order valence-electron chi connectivity index (χ0n) is 9.69. The van der Waals surface area contributed by atoms with Gasteiger partial charge >= 0.3 is 0 Å². The number of aromatic nitrogens is 3. The van der Waals surface area contributed by atoms with Crippen LogP contribution in [0.4, 0.5) is 0 Å². The van der Waals surface area contributed by atoms with E-state index >= 15 is 0 Å². The third-order valence-corrected chi connectivity index (χ3v) is 2.58. The van der Waals surface area contributed by atoms with Crippen molar-refractivity contribution in [2.45, 2.75) is 0 Å². The fourth-order valence-corrected chi connectivity index (χ4v) is 1.65. The van der Waals surface area contributed by atoms with E-state index in [9.17, 15) is 10.2 Å². The largest absolute Gasteiger partial charge is 0.508 e. The highest BCUT2D eigenvalue weighted by molar-refractivity contribution is 5.65. The number of phenolic OH excluding ortho intramolecular Hbond substituents is 2. The molecular formula is C13H9N3O3. The predicted octanol–water partition coefficient (Wildman–Crippen LogP) is 2.21. The first-order valence-electron chi connectivity index (χ1n) is 5.50. The Balaban J connectivity index is 2.02. The lowest BCUT2D eigenvalue weighted by atomic mass is 10.2. The Morgan fingerprint density at radius 2 is 1.79 bits per heavy atom. The van der Waals surface area contributed by atoms with Crippen molar-refractivity contribution < 1.29 is 14.7 Å². The van der Waals surface area contributed by atoms with Gasteiger partial charge in [-0.25, -0.2) is 0 Å². The van der Waals surface area contributed by atoms with Gasteiger partial charge in [0, 0.05) is 24.0 Å². The van der Waals surface area contributed by atoms with Crippen molar-refractivity contribution in [1.29, 1.82) is 0 Å². The summed E-state index contributed by atoms with van der Waals surface area (Å²) in [6.07, 6.45) is 3.26. The van der Waals surface area contributed by atoms with E-state index in [0.29, 0.717) is 11.4 Å². The van der Waals surface area contributed by atoms with Gasteiger partial charge in [-0.2, -0.15) is 4.98 Å². The lowest BCUT2D eigenvalue weighted by molar-refractivity contribution is 0.423. The van der Waals surface area contributed by atoms with E-state index in [4.69, 9.17) is 4.52 Å². The van der Waals surface area contributed by atoms with Gasteiger partial charge in [-0.1, -0.05) is 5.16 Å². The highest BCUT2D eigenvalue weighted by Crippen LogP contribution is 2.31. The monoisotopic (exact) mass is 255 g/mol. The van der Waals surface area contributed by atoms with Crippen molar-refractivity contribution >= 4 is 0 Å². The van der Waals surface area contributed by atoms with Gasteiger partial charge < -0.3 is 14.7 Å². The van der Waals surface area contributed by atoms with Crippen LogP contribution < -0.4 is 0 Å². The molecule has 3 rings (SSSR count). The number of benzene rings is 1. The summed E-state index contributed by atoms with van der Waals surface area (Å²) in [5.74, 6) is 0.439. The molecule has 19 heavy (non-hydrogen) atoms. The smallest absolute Gasteiger partial charge is 0.262 e. The predicted molar refractivity (Wildman–Crippen MR) is 66.3 cm³/mol. The molecule has 0 aliphatic rings. The number of pyridine rings is 1. The van der Waals surface area contributed by atoms with Crippen molar-refractivity contribution in [3.05, 3.63) is 42.7 Å². The maximum absolute atomic E-state index is 9.73. The van der Waals surface area contributed by atoms with Crippen LogP contribution in [-0.2, 0) is 0 Å². The van der Waals surface area contributed by atoms with E-state index in [-0.39, 0.29) is 17.4 Å². The van der Waals surface area contributed by atoms with Crippen molar-refractivity contribution in [3.63, 3.8) is 0 Å². The van der Waals surface area contributed by atoms with E-state index in [2.05, 4.69) is 15.1 Å². The van der Waals surface area contributed by atoms with Gasteiger partial charge in [-0.15, -0.1) is 0 Å². The number of hydrogen-bond donors (Lipinski definition) is 2. The molecule has 1 aromatic carbocycles. The minimum absolute atomic E-state index is 0.0323. The van der Waals surface area contributed by atoms with Gasteiger partial charge in [0.05, 0.1) is 5.56 Å². The second-order valence-electron chi connectivity index (χ2n) is 3.86. The molecule has 0 aliphatic heterocycles. The lowest BCUT2D eigenvalue weighted by Crippen LogP contribution is -1.82. The topological polar surface area (TPSA) is 92.3 Å². The summed E-state index contributed by atoms with van der Waals surface area (Å²) in [4.78, 5) is 8.10. The summed E-state index contributed by atoms with van der Waals surface area (Å²) in [6.45, 7) is 0. The van der Waals surface area contributed by atoms with E-state index in [1.54, 1.807) is 24.5 Å². The quantitative estimate of drug-likeness (QED) is 0.729. The standard InChI is InChI=1S/C13H9N3O3/c17-9-1-2-10(11(18)7-9)13-15-12(16-19-13)8-3-5-14-6-4-8/h1-7,17-18H. The molecule has 0 aliphatic carbocycles. The molecule has 0 spiro atoms. The molecule has 0 radical (unpaired) electrons. The SMILES string of the molecule is Oc1ccc(-c2nc(-c3ccncc3)no2)c(O)c1. The van der Waals surface area contributed by atoms with Gasteiger partial charge in [-0.05, 0) is 24.3 Å². The molecular weight excluding hydrogens is 246 g/mol. The van der Waals surface area contributed by atoms with Crippen molar-refractivity contribution in [2.75, 3.05) is 0 Å². The summed E-state index contributed by atoms with van der Waals surface area (Å²) < 4.78 is 5.10. The Morgan fingerprint density at radius 1 is 1.00 bits per heavy atom. The molecule has 0 saturated carbocycles. The first kappa shape index (κ1) is 11.2. The minimum atomic E-state index is -0.120. The molecule has 2 heterocycles. The number of nitrogens with zero attached hydrogens (tertiary/aromatic N) is 3. The molecule has 0 fully saturated rings. The van der Waals surface area contributed by atoms with Crippen LogP contribution in [0.15, 0.2) is 47.2 Å². The minimum Gasteiger partial charge on any atom is -0.508 e. The van der Waals surface area contributed by atoms with E-state index < -0.39 is 0 Å². The molecule has 2 aromatic heterocycles. The number of hydrogen-bond acceptors (Lipinski definition) is 6. The summed E-state index contributed by atoms with van der Waals surface area (Å²) >= 11 is 0. The third-order valence-electron chi connectivity index (χ3n) is 2.58. The molecule has 0 bridgehead atoms. The number of phenols is 2. The lowest BCUT2D eigenvalue weighted by Gasteiger charge is -1.99. The fourth-order valence-electron chi connectivity index (χ4n) is 1.65. The Kier molecular flexibility index (Phi) is 2.60. The van der Waals surface area contributed by atoms with Gasteiger partial charge in [0.15, 0.2) is 0 Å². The van der Waals surface area contributed by atoms with Crippen LogP contribution in [0.1, 0.15) is 0 Å². The van der Waals surface area contributed by atoms with Gasteiger partial charge in [0.2, 0.25) is 5.82 Å². The van der Waals surface area contributed by atoms with E-state index in [1.807, 2.05) is 0 Å². The number of rotatable bonds is 2. The second kappa shape index (κ2) is 4.41. The molecule has 94 valence electrons. The Hall–Kier alpha value is -2.89. The second-order valence-corrected chi connectivity index (χ2v) is 3.86. The molecule has 0 amide bonds. The van der Waals surface area contributed by atoms with E-state index in [0.717, 1.165) is 5.56 Å². The van der Waals surface area contributed by atoms with Gasteiger partial charge in [0.1, 0.15) is 11.5 Å². The van der Waals surface area contributed by atoms with Crippen LogP contribution in [-0.4, -0.2) is 25.3 Å². The normalized spacial score (nSPS) is 10.5. The average Bonchev–Trinajstić information content (AvgIpc) is 2.89. The van der Waals surface area contributed by atoms with Crippen LogP contribution in [0.3, 0.4) is 0 Å².